The van der Waals surface area contributed by atoms with E-state index in [1.54, 1.807) is 0 Å². The van der Waals surface area contributed by atoms with Crippen LogP contribution < -0.4 is 5.73 Å². The molecule has 0 saturated heterocycles. The Morgan fingerprint density at radius 1 is 1.31 bits per heavy atom. The quantitative estimate of drug-likeness (QED) is 0.613. The van der Waals surface area contributed by atoms with Gasteiger partial charge in [-0.1, -0.05) is 31.5 Å². The van der Waals surface area contributed by atoms with Crippen LogP contribution in [0.15, 0.2) is 23.1 Å². The largest absolute Gasteiger partial charge is 0.330 e. The van der Waals surface area contributed by atoms with Crippen LogP contribution in [0.2, 0.25) is 5.02 Å². The molecule has 0 atom stereocenters. The third-order valence-electron chi connectivity index (χ3n) is 2.28. The fourth-order valence-electron chi connectivity index (χ4n) is 1.52. The summed E-state index contributed by atoms with van der Waals surface area (Å²) in [6.45, 7) is 5.13. The van der Waals surface area contributed by atoms with Gasteiger partial charge in [-0.25, -0.2) is 0 Å². The molecule has 0 bridgehead atoms. The SMILES string of the molecule is CC(C)Sc1ccc(CCCCN)cc1Cl. The van der Waals surface area contributed by atoms with Crippen molar-refractivity contribution in [2.75, 3.05) is 6.54 Å². The van der Waals surface area contributed by atoms with E-state index in [-0.39, 0.29) is 0 Å². The lowest BCUT2D eigenvalue weighted by molar-refractivity contribution is 0.744. The minimum absolute atomic E-state index is 0.570. The Bertz CT molecular complexity index is 326. The van der Waals surface area contributed by atoms with E-state index >= 15 is 0 Å². The maximum atomic E-state index is 6.24. The van der Waals surface area contributed by atoms with Gasteiger partial charge < -0.3 is 5.73 Å². The van der Waals surface area contributed by atoms with Crippen LogP contribution in [0.4, 0.5) is 0 Å². The number of hydrogen-bond acceptors (Lipinski definition) is 2. The van der Waals surface area contributed by atoms with E-state index in [0.29, 0.717) is 5.25 Å². The molecular formula is C13H20ClNS. The number of thioether (sulfide) groups is 1. The second kappa shape index (κ2) is 7.21. The number of benzene rings is 1. The molecular weight excluding hydrogens is 238 g/mol. The van der Waals surface area contributed by atoms with Crippen LogP contribution in [0.25, 0.3) is 0 Å². The summed E-state index contributed by atoms with van der Waals surface area (Å²) in [7, 11) is 0. The predicted octanol–water partition coefficient (Wildman–Crippen LogP) is 4.12. The second-order valence-electron chi connectivity index (χ2n) is 4.18. The number of hydrogen-bond donors (Lipinski definition) is 1. The molecule has 3 heteroatoms. The Kier molecular flexibility index (Phi) is 6.25. The third kappa shape index (κ3) is 4.77. The van der Waals surface area contributed by atoms with Gasteiger partial charge in [0.15, 0.2) is 0 Å². The molecule has 0 saturated carbocycles. The first kappa shape index (κ1) is 13.9. The molecule has 0 aliphatic carbocycles. The summed E-state index contributed by atoms with van der Waals surface area (Å²) in [4.78, 5) is 1.18. The van der Waals surface area contributed by atoms with Crippen molar-refractivity contribution in [2.45, 2.75) is 43.3 Å². The number of rotatable bonds is 6. The number of aryl methyl sites for hydroxylation is 1. The van der Waals surface area contributed by atoms with Gasteiger partial charge in [0, 0.05) is 10.1 Å². The molecule has 0 radical (unpaired) electrons. The molecule has 0 aliphatic heterocycles. The molecule has 1 nitrogen and oxygen atoms in total. The summed E-state index contributed by atoms with van der Waals surface area (Å²) >= 11 is 8.05. The van der Waals surface area contributed by atoms with Crippen molar-refractivity contribution in [2.24, 2.45) is 5.73 Å². The van der Waals surface area contributed by atoms with E-state index < -0.39 is 0 Å². The van der Waals surface area contributed by atoms with E-state index in [2.05, 4.69) is 32.0 Å². The molecule has 0 heterocycles. The molecule has 0 unspecified atom stereocenters. The topological polar surface area (TPSA) is 26.0 Å². The van der Waals surface area contributed by atoms with Gasteiger partial charge in [0.2, 0.25) is 0 Å². The fraction of sp³-hybridized carbons (Fsp3) is 0.538. The highest BCUT2D eigenvalue weighted by Gasteiger charge is 2.04. The molecule has 1 aromatic carbocycles. The van der Waals surface area contributed by atoms with Crippen LogP contribution in [0.5, 0.6) is 0 Å². The Balaban J connectivity index is 2.60. The van der Waals surface area contributed by atoms with E-state index in [0.717, 1.165) is 30.8 Å². The van der Waals surface area contributed by atoms with Crippen molar-refractivity contribution in [3.05, 3.63) is 28.8 Å². The Morgan fingerprint density at radius 2 is 2.06 bits per heavy atom. The highest BCUT2D eigenvalue weighted by molar-refractivity contribution is 8.00. The molecule has 1 rings (SSSR count). The van der Waals surface area contributed by atoms with Gasteiger partial charge in [0.1, 0.15) is 0 Å². The molecule has 0 spiro atoms. The van der Waals surface area contributed by atoms with Crippen LogP contribution in [-0.2, 0) is 6.42 Å². The highest BCUT2D eigenvalue weighted by Crippen LogP contribution is 2.31. The van der Waals surface area contributed by atoms with Crippen molar-refractivity contribution in [3.8, 4) is 0 Å². The standard InChI is InChI=1S/C13H20ClNS/c1-10(2)16-13-7-6-11(9-12(13)14)5-3-4-8-15/h6-7,9-10H,3-5,8,15H2,1-2H3. The first-order valence-corrected chi connectivity index (χ1v) is 7.04. The lowest BCUT2D eigenvalue weighted by Gasteiger charge is -2.09. The van der Waals surface area contributed by atoms with Gasteiger partial charge in [-0.2, -0.15) is 0 Å². The van der Waals surface area contributed by atoms with E-state index in [1.807, 2.05) is 11.8 Å². The van der Waals surface area contributed by atoms with Crippen molar-refractivity contribution in [1.29, 1.82) is 0 Å². The molecule has 2 N–H and O–H groups in total. The normalized spacial score (nSPS) is 11.1. The van der Waals surface area contributed by atoms with Gasteiger partial charge in [-0.15, -0.1) is 11.8 Å². The molecule has 1 aromatic rings. The first-order valence-electron chi connectivity index (χ1n) is 5.78. The van der Waals surface area contributed by atoms with Gasteiger partial charge in [0.25, 0.3) is 0 Å². The number of nitrogens with two attached hydrogens (primary N) is 1. The second-order valence-corrected chi connectivity index (χ2v) is 6.20. The third-order valence-corrected chi connectivity index (χ3v) is 3.78. The van der Waals surface area contributed by atoms with Crippen LogP contribution in [0.3, 0.4) is 0 Å². The van der Waals surface area contributed by atoms with Crippen molar-refractivity contribution >= 4 is 23.4 Å². The number of unbranched alkanes of at least 4 members (excludes halogenated alkanes) is 1. The van der Waals surface area contributed by atoms with Gasteiger partial charge in [0.05, 0.1) is 5.02 Å². The zero-order valence-corrected chi connectivity index (χ0v) is 11.6. The summed E-state index contributed by atoms with van der Waals surface area (Å²) in [5.41, 5.74) is 6.78. The number of halogens is 1. The van der Waals surface area contributed by atoms with Crippen LogP contribution in [0.1, 0.15) is 32.3 Å². The summed E-state index contributed by atoms with van der Waals surface area (Å²) in [5, 5.41) is 1.45. The van der Waals surface area contributed by atoms with Crippen LogP contribution in [-0.4, -0.2) is 11.8 Å². The molecule has 16 heavy (non-hydrogen) atoms. The average molecular weight is 258 g/mol. The minimum Gasteiger partial charge on any atom is -0.330 e. The van der Waals surface area contributed by atoms with Crippen molar-refractivity contribution in [3.63, 3.8) is 0 Å². The summed E-state index contributed by atoms with van der Waals surface area (Å²) in [6, 6.07) is 6.39. The smallest absolute Gasteiger partial charge is 0.0544 e. The molecule has 90 valence electrons. The lowest BCUT2D eigenvalue weighted by Crippen LogP contribution is -1.99. The summed E-state index contributed by atoms with van der Waals surface area (Å²) in [5.74, 6) is 0. The van der Waals surface area contributed by atoms with Crippen LogP contribution in [0, 0.1) is 0 Å². The maximum absolute atomic E-state index is 6.24. The van der Waals surface area contributed by atoms with Crippen molar-refractivity contribution < 1.29 is 0 Å². The summed E-state index contributed by atoms with van der Waals surface area (Å²) in [6.07, 6.45) is 3.30. The Labute approximate surface area is 108 Å². The van der Waals surface area contributed by atoms with E-state index in [1.165, 1.54) is 10.5 Å². The van der Waals surface area contributed by atoms with E-state index in [4.69, 9.17) is 17.3 Å². The van der Waals surface area contributed by atoms with Gasteiger partial charge >= 0.3 is 0 Å². The van der Waals surface area contributed by atoms with Gasteiger partial charge in [-0.3, -0.25) is 0 Å². The van der Waals surface area contributed by atoms with Crippen LogP contribution >= 0.6 is 23.4 Å². The van der Waals surface area contributed by atoms with E-state index in [9.17, 15) is 0 Å². The lowest BCUT2D eigenvalue weighted by atomic mass is 10.1. The van der Waals surface area contributed by atoms with Crippen molar-refractivity contribution in [1.82, 2.24) is 0 Å². The zero-order chi connectivity index (χ0) is 12.0. The highest BCUT2D eigenvalue weighted by atomic mass is 35.5. The molecule has 0 amide bonds. The summed E-state index contributed by atoms with van der Waals surface area (Å²) < 4.78 is 0. The first-order chi connectivity index (χ1) is 7.63. The maximum Gasteiger partial charge on any atom is 0.0544 e. The molecule has 0 fully saturated rings. The average Bonchev–Trinajstić information content (AvgIpc) is 2.22. The minimum atomic E-state index is 0.570. The fourth-order valence-corrected chi connectivity index (χ4v) is 2.69. The monoisotopic (exact) mass is 257 g/mol. The molecule has 0 aliphatic rings. The predicted molar refractivity (Wildman–Crippen MR) is 74.4 cm³/mol. The zero-order valence-electron chi connectivity index (χ0n) is 10.0. The Morgan fingerprint density at radius 3 is 2.62 bits per heavy atom. The molecule has 0 aromatic heterocycles. The Hall–Kier alpha value is -0.180. The van der Waals surface area contributed by atoms with Gasteiger partial charge in [-0.05, 0) is 43.5 Å².